The minimum atomic E-state index is -2.03. The van der Waals surface area contributed by atoms with Crippen LogP contribution in [-0.4, -0.2) is 69.0 Å². The molecule has 186 valence electrons. The summed E-state index contributed by atoms with van der Waals surface area (Å²) in [5.74, 6) is 2.66. The fourth-order valence-corrected chi connectivity index (χ4v) is 7.19. The van der Waals surface area contributed by atoms with Crippen molar-refractivity contribution in [1.29, 1.82) is 0 Å². The predicted molar refractivity (Wildman–Crippen MR) is 140 cm³/mol. The van der Waals surface area contributed by atoms with E-state index in [0.717, 1.165) is 47.0 Å². The van der Waals surface area contributed by atoms with E-state index >= 15 is 0 Å². The lowest BCUT2D eigenvalue weighted by molar-refractivity contribution is -0.135. The zero-order valence-electron chi connectivity index (χ0n) is 19.9. The highest BCUT2D eigenvalue weighted by atomic mass is 35.5. The maximum atomic E-state index is 13.0. The van der Waals surface area contributed by atoms with Crippen LogP contribution in [0.25, 0.3) is 22.0 Å². The second-order valence-corrected chi connectivity index (χ2v) is 13.5. The van der Waals surface area contributed by atoms with Gasteiger partial charge in [0.2, 0.25) is 11.8 Å². The third-order valence-electron chi connectivity index (χ3n) is 7.03. The normalized spacial score (nSPS) is 22.7. The van der Waals surface area contributed by atoms with Crippen LogP contribution in [0.2, 0.25) is 5.02 Å². The predicted octanol–water partition coefficient (Wildman–Crippen LogP) is 4.00. The number of carbonyl (C=O) groups excluding carboxylic acids is 1. The van der Waals surface area contributed by atoms with Gasteiger partial charge >= 0.3 is 0 Å². The van der Waals surface area contributed by atoms with Crippen molar-refractivity contribution in [3.63, 3.8) is 0 Å². The summed E-state index contributed by atoms with van der Waals surface area (Å²) in [5, 5.41) is 1.38. The number of amides is 1. The molecule has 1 atom stereocenters. The number of methoxy groups -OCH3 is 1. The lowest BCUT2D eigenvalue weighted by Crippen LogP contribution is -2.40. The molecule has 1 aromatic carbocycles. The van der Waals surface area contributed by atoms with E-state index in [4.69, 9.17) is 21.1 Å². The molecule has 3 aromatic rings. The first-order valence-electron chi connectivity index (χ1n) is 11.9. The van der Waals surface area contributed by atoms with Crippen molar-refractivity contribution in [2.75, 3.05) is 38.0 Å². The highest BCUT2D eigenvalue weighted by molar-refractivity contribution is 8.02. The average Bonchev–Trinajstić information content (AvgIpc) is 3.31. The third-order valence-corrected chi connectivity index (χ3v) is 9.71. The Morgan fingerprint density at radius 3 is 2.69 bits per heavy atom. The Labute approximate surface area is 211 Å². The van der Waals surface area contributed by atoms with Crippen molar-refractivity contribution in [3.8, 4) is 22.8 Å². The Hall–Kier alpha value is -2.71. The average molecular weight is 516 g/mol. The van der Waals surface area contributed by atoms with Crippen molar-refractivity contribution >= 4 is 38.3 Å². The summed E-state index contributed by atoms with van der Waals surface area (Å²) >= 11 is 6.31. The number of fused-ring (bicyclic) bond motifs is 1. The molecule has 0 spiro atoms. The summed E-state index contributed by atoms with van der Waals surface area (Å²) in [6.45, 7) is 1.27. The zero-order valence-corrected chi connectivity index (χ0v) is 21.6. The number of likely N-dealkylation sites (tertiary alicyclic amines) is 1. The highest BCUT2D eigenvalue weighted by Crippen LogP contribution is 2.34. The number of thiol groups is 1. The van der Waals surface area contributed by atoms with Gasteiger partial charge in [-0.1, -0.05) is 11.6 Å². The molecule has 0 N–H and O–H groups in total. The molecule has 0 saturated carbocycles. The van der Waals surface area contributed by atoms with E-state index in [1.165, 1.54) is 7.11 Å². The summed E-state index contributed by atoms with van der Waals surface area (Å²) in [6.07, 6.45) is 7.56. The van der Waals surface area contributed by atoms with Crippen molar-refractivity contribution in [3.05, 3.63) is 47.7 Å². The molecule has 0 unspecified atom stereocenters. The molecule has 2 aromatic heterocycles. The largest absolute Gasteiger partial charge is 0.488 e. The van der Waals surface area contributed by atoms with Crippen LogP contribution in [0.1, 0.15) is 19.3 Å². The van der Waals surface area contributed by atoms with Crippen molar-refractivity contribution < 1.29 is 18.5 Å². The first-order chi connectivity index (χ1) is 16.8. The third kappa shape index (κ3) is 5.14. The number of pyridine rings is 2. The lowest BCUT2D eigenvalue weighted by Gasteiger charge is -2.31. The van der Waals surface area contributed by atoms with Crippen LogP contribution in [0.15, 0.2) is 42.7 Å². The Morgan fingerprint density at radius 1 is 1.14 bits per heavy atom. The van der Waals surface area contributed by atoms with Gasteiger partial charge in [0.1, 0.15) is 16.9 Å². The van der Waals surface area contributed by atoms with Gasteiger partial charge in [-0.25, -0.2) is 4.98 Å². The number of hydrogen-bond donors (Lipinski definition) is 1. The number of halogens is 1. The van der Waals surface area contributed by atoms with Gasteiger partial charge in [0.15, 0.2) is 0 Å². The van der Waals surface area contributed by atoms with E-state index in [9.17, 15) is 9.00 Å². The summed E-state index contributed by atoms with van der Waals surface area (Å²) in [5.41, 5.74) is 2.66. The Kier molecular flexibility index (Phi) is 6.68. The number of nitrogens with zero attached hydrogens (tertiary/aromatic N) is 3. The molecule has 2 saturated heterocycles. The molecule has 35 heavy (non-hydrogen) atoms. The summed E-state index contributed by atoms with van der Waals surface area (Å²) < 4.78 is 23.7. The van der Waals surface area contributed by atoms with Crippen LogP contribution in [0, 0.1) is 5.92 Å². The maximum Gasteiger partial charge on any atom is 0.232 e. The number of ether oxygens (including phenoxy) is 2. The van der Waals surface area contributed by atoms with E-state index in [1.807, 2.05) is 41.5 Å². The fraction of sp³-hybridized carbons (Fsp3) is 0.423. The molecule has 0 radical (unpaired) electrons. The molecular weight excluding hydrogens is 486 g/mol. The number of aromatic nitrogens is 2. The summed E-state index contributed by atoms with van der Waals surface area (Å²) in [7, 11) is -0.488. The van der Waals surface area contributed by atoms with Gasteiger partial charge in [0.05, 0.1) is 19.2 Å². The molecule has 2 aliphatic rings. The number of rotatable bonds is 5. The van der Waals surface area contributed by atoms with Crippen molar-refractivity contribution in [2.24, 2.45) is 5.92 Å². The van der Waals surface area contributed by atoms with Gasteiger partial charge in [-0.3, -0.25) is 14.0 Å². The van der Waals surface area contributed by atoms with Crippen LogP contribution >= 0.6 is 11.6 Å². The van der Waals surface area contributed by atoms with Crippen LogP contribution in [-0.2, 0) is 14.7 Å². The minimum Gasteiger partial charge on any atom is -0.488 e. The molecule has 4 heterocycles. The quantitative estimate of drug-likeness (QED) is 0.517. The van der Waals surface area contributed by atoms with Crippen LogP contribution in [0.4, 0.5) is 0 Å². The van der Waals surface area contributed by atoms with Gasteiger partial charge in [-0.05, 0) is 55.0 Å². The molecule has 2 aliphatic heterocycles. The SMILES string of the molecule is COc1ncc(-c2ccnc3ccc(O[C@H]4CCN(C(=O)C5CC[SH](C)(=O)CC5)C4)cc23)cc1Cl. The minimum absolute atomic E-state index is 0.00462. The van der Waals surface area contributed by atoms with Crippen LogP contribution < -0.4 is 9.47 Å². The Bertz CT molecular complexity index is 1300. The van der Waals surface area contributed by atoms with Gasteiger partial charge in [0, 0.05) is 53.7 Å². The summed E-state index contributed by atoms with van der Waals surface area (Å²) in [6, 6.07) is 9.61. The molecule has 1 amide bonds. The zero-order chi connectivity index (χ0) is 24.6. The first kappa shape index (κ1) is 24.0. The Morgan fingerprint density at radius 2 is 1.94 bits per heavy atom. The monoisotopic (exact) mass is 515 g/mol. The summed E-state index contributed by atoms with van der Waals surface area (Å²) in [4.78, 5) is 23.7. The molecule has 9 heteroatoms. The van der Waals surface area contributed by atoms with E-state index in [2.05, 4.69) is 9.97 Å². The van der Waals surface area contributed by atoms with E-state index in [-0.39, 0.29) is 17.9 Å². The standard InChI is InChI=1S/C26H30ClN3O4S/c1-33-25-23(27)13-18(15-29-25)21-5-9-28-24-4-3-19(14-22(21)24)34-20-6-10-30(16-20)26(31)17-7-11-35(2,32)12-8-17/h3-5,9,13-15,17,20,35H,6-8,10-12,16H2,1-2H3/t20-/m0/s1. The van der Waals surface area contributed by atoms with Crippen molar-refractivity contribution in [1.82, 2.24) is 14.9 Å². The van der Waals surface area contributed by atoms with Gasteiger partial charge in [0.25, 0.3) is 0 Å². The van der Waals surface area contributed by atoms with Gasteiger partial charge < -0.3 is 14.4 Å². The topological polar surface area (TPSA) is 81.6 Å². The van der Waals surface area contributed by atoms with Crippen LogP contribution in [0.3, 0.4) is 0 Å². The highest BCUT2D eigenvalue weighted by Gasteiger charge is 2.34. The van der Waals surface area contributed by atoms with Gasteiger partial charge in [-0.2, -0.15) is 0 Å². The molecule has 2 fully saturated rings. The number of carbonyl (C=O) groups is 1. The first-order valence-corrected chi connectivity index (χ1v) is 14.8. The molecule has 7 nitrogen and oxygen atoms in total. The maximum absolute atomic E-state index is 13.0. The molecular formula is C26H30ClN3O4S. The smallest absolute Gasteiger partial charge is 0.232 e. The molecule has 5 rings (SSSR count). The fourth-order valence-electron chi connectivity index (χ4n) is 5.01. The van der Waals surface area contributed by atoms with Crippen molar-refractivity contribution in [2.45, 2.75) is 25.4 Å². The lowest BCUT2D eigenvalue weighted by atomic mass is 10.0. The molecule has 0 bridgehead atoms. The second-order valence-electron chi connectivity index (χ2n) is 9.58. The van der Waals surface area contributed by atoms with E-state index in [1.54, 1.807) is 12.4 Å². The molecule has 0 aliphatic carbocycles. The van der Waals surface area contributed by atoms with E-state index < -0.39 is 9.93 Å². The Balaban J connectivity index is 1.30. The van der Waals surface area contributed by atoms with Crippen LogP contribution in [0.5, 0.6) is 11.6 Å². The second kappa shape index (κ2) is 9.74. The van der Waals surface area contributed by atoms with E-state index in [0.29, 0.717) is 35.5 Å². The van der Waals surface area contributed by atoms with Gasteiger partial charge in [-0.15, -0.1) is 9.93 Å². The number of hydrogen-bond acceptors (Lipinski definition) is 6. The number of benzene rings is 1.